The summed E-state index contributed by atoms with van der Waals surface area (Å²) >= 11 is 0. The molecule has 0 heterocycles. The molecule has 0 atom stereocenters. The Morgan fingerprint density at radius 3 is 0.414 bits per heavy atom. The minimum absolute atomic E-state index is 0. The van der Waals surface area contributed by atoms with E-state index in [1.807, 2.05) is 0 Å². The van der Waals surface area contributed by atoms with Gasteiger partial charge in [-0.3, -0.25) is 26.3 Å². The van der Waals surface area contributed by atoms with E-state index >= 15 is 0 Å². The van der Waals surface area contributed by atoms with Gasteiger partial charge in [0.2, 0.25) is 0 Å². The van der Waals surface area contributed by atoms with E-state index in [1.165, 1.54) is 28.5 Å². The average molecular weight is 1960 g/mol. The maximum absolute atomic E-state index is 10.7. The molecule has 0 spiro atoms. The monoisotopic (exact) mass is 1960 g/mol. The van der Waals surface area contributed by atoms with E-state index in [1.54, 1.807) is 55.4 Å². The quantitative estimate of drug-likeness (QED) is 0.157. The van der Waals surface area contributed by atoms with Crippen molar-refractivity contribution in [2.75, 3.05) is 6.26 Å². The van der Waals surface area contributed by atoms with Crippen molar-refractivity contribution in [1.29, 1.82) is 0 Å². The number of allylic oxidation sites excluding steroid dienone is 10. The molecule has 0 amide bonds. The Kier molecular flexibility index (Phi) is 162. The van der Waals surface area contributed by atoms with Crippen molar-refractivity contribution in [2.24, 2.45) is 54.1 Å². The van der Waals surface area contributed by atoms with Gasteiger partial charge in [0, 0.05) is 235 Å². The fraction of sp³-hybridized carbons (Fsp3) is 0.663. The molecule has 99 heavy (non-hydrogen) atoms. The molecular formula is C86H176O4S2Y7-14. The smallest absolute Gasteiger partial charge is 0.152 e. The average Bonchev–Trinajstić information content (AvgIpc) is 3.28. The third kappa shape index (κ3) is 203. The van der Waals surface area contributed by atoms with Crippen LogP contribution in [0.4, 0.5) is 0 Å². The van der Waals surface area contributed by atoms with Crippen LogP contribution in [0.2, 0.25) is 0 Å². The second-order valence-electron chi connectivity index (χ2n) is 33.1. The van der Waals surface area contributed by atoms with Crippen molar-refractivity contribution in [1.82, 2.24) is 0 Å². The molecule has 0 aliphatic heterocycles. The number of hydrogen-bond donors (Lipinski definition) is 0. The van der Waals surface area contributed by atoms with Gasteiger partial charge in [-0.15, -0.1) is 0 Å². The largest absolute Gasteiger partial charge is 0.498 e. The SMILES string of the molecule is C=C(C)C(C)(C)C.C=C(C)C(C)(C)C.C=C(CC)C(C)(C)C.C=C(CC)C(C)(C)C.C=C([CH2-])C(C)(C)C.C=C([CH2-])C(C)(C)C.C=[C-]C(C)(C)C.C=[C-]C(C)(C)C.C=[C-]C(C)(C)C.C=[C-]C(C)(C)C.CC(C)(C)S(C)(=O)=O.CC(C)(C)[S-](=O)=O.[CH2-]C.[CH2-]C.[CH3-].[CH3-].[CH3-].[CH3-].[CH3-].[Y].[Y].[Y].[Y].[Y].[Y].[Y]. The Morgan fingerprint density at radius 2 is 0.414 bits per heavy atom. The Hall–Kier alpha value is 4.77. The van der Waals surface area contributed by atoms with Crippen LogP contribution in [-0.2, 0) is 258 Å². The molecule has 0 saturated heterocycles. The Labute approximate surface area is 815 Å². The third-order valence-electron chi connectivity index (χ3n) is 11.4. The summed E-state index contributed by atoms with van der Waals surface area (Å²) in [4.78, 5) is 0. The minimum atomic E-state index is -2.84. The molecular weight excluding hydrogens is 1780 g/mol. The van der Waals surface area contributed by atoms with Gasteiger partial charge in [-0.25, -0.2) is 46.6 Å². The minimum Gasteiger partial charge on any atom is -0.498 e. The van der Waals surface area contributed by atoms with Gasteiger partial charge in [0.15, 0.2) is 9.84 Å². The van der Waals surface area contributed by atoms with Crippen LogP contribution in [0, 0.1) is 143 Å². The van der Waals surface area contributed by atoms with Crippen LogP contribution in [-0.4, -0.2) is 24.2 Å². The molecule has 4 nitrogen and oxygen atoms in total. The molecule has 0 saturated carbocycles. The maximum Gasteiger partial charge on any atom is 0.152 e. The summed E-state index contributed by atoms with van der Waals surface area (Å²) in [6.45, 7) is 136. The fourth-order valence-corrected chi connectivity index (χ4v) is 1.06. The summed E-state index contributed by atoms with van der Waals surface area (Å²) < 4.78 is 40.2. The summed E-state index contributed by atoms with van der Waals surface area (Å²) in [6.07, 6.45) is 14.9. The number of hydrogen-bond acceptors (Lipinski definition) is 5. The predicted molar refractivity (Wildman–Crippen MR) is 445 cm³/mol. The standard InChI is InChI=1S/2C8H16.2C7H14.2C7H13.4C6H11.C5H12O2S.C4H9O2S.2C2H5.5CH3.7Y/c2*1-6-7(2)8(3,4)5;4*1-6(2)7(3,4)5;4*1-5-6(2,3)4;1-5(2,3)8(4,6)7;1-4(2,3)7(5)6;2*1-2;;;;;;;;;;;;/h2*2,6H2,1,3-5H3;2*1H2,2-5H3;2*1-2H2,3-5H3;4*1H2,2-4H3;1-4H3;1-3H3;2*1H2,2H3;5*1H3;;;;;;;/q;;;;6*-1;;8*-1;;;;;;;. The van der Waals surface area contributed by atoms with Crippen molar-refractivity contribution in [3.8, 4) is 0 Å². The van der Waals surface area contributed by atoms with E-state index in [0.29, 0.717) is 21.7 Å². The van der Waals surface area contributed by atoms with Crippen LogP contribution in [0.25, 0.3) is 0 Å². The van der Waals surface area contributed by atoms with Crippen molar-refractivity contribution in [3.63, 3.8) is 0 Å². The van der Waals surface area contributed by atoms with Crippen molar-refractivity contribution >= 4 is 20.5 Å². The Balaban J connectivity index is -0.0000000241. The second-order valence-corrected chi connectivity index (χ2v) is 37.6. The molecule has 0 N–H and O–H groups in total. The summed E-state index contributed by atoms with van der Waals surface area (Å²) in [7, 11) is -4.77. The maximum atomic E-state index is 10.7. The first-order valence-corrected chi connectivity index (χ1v) is 33.7. The molecule has 0 bridgehead atoms. The van der Waals surface area contributed by atoms with Crippen LogP contribution < -0.4 is 0 Å². The van der Waals surface area contributed by atoms with Crippen molar-refractivity contribution in [2.45, 2.75) is 313 Å². The molecule has 0 aliphatic carbocycles. The van der Waals surface area contributed by atoms with Crippen molar-refractivity contribution in [3.05, 3.63) is 188 Å². The van der Waals surface area contributed by atoms with Crippen LogP contribution >= 0.6 is 0 Å². The van der Waals surface area contributed by atoms with E-state index < -0.39 is 30.0 Å². The Bertz CT molecular complexity index is 1810. The normalized spacial score (nSPS) is 9.92. The molecule has 7 radical (unpaired) electrons. The molecule has 0 aromatic heterocycles. The van der Waals surface area contributed by atoms with E-state index in [0.717, 1.165) is 24.0 Å². The van der Waals surface area contributed by atoms with E-state index in [9.17, 15) is 16.8 Å². The molecule has 0 aromatic carbocycles. The van der Waals surface area contributed by atoms with Gasteiger partial charge in [-0.1, -0.05) is 306 Å². The van der Waals surface area contributed by atoms with Gasteiger partial charge in [0.05, 0.1) is 4.75 Å². The molecule has 13 heteroatoms. The Morgan fingerprint density at radius 1 is 0.333 bits per heavy atom. The van der Waals surface area contributed by atoms with Crippen LogP contribution in [0.15, 0.2) is 99.2 Å². The molecule has 0 rings (SSSR count). The summed E-state index contributed by atoms with van der Waals surface area (Å²) in [5.41, 5.74) is 9.48. The molecule has 0 aliphatic rings. The first-order chi connectivity index (χ1) is 37.2. The van der Waals surface area contributed by atoms with Gasteiger partial charge in [0.1, 0.15) is 0 Å². The zero-order valence-corrected chi connectivity index (χ0v) is 98.3. The second kappa shape index (κ2) is 88.3. The van der Waals surface area contributed by atoms with E-state index in [-0.39, 0.29) is 299 Å². The first kappa shape index (κ1) is 181. The third-order valence-corrected chi connectivity index (χ3v) is 14.6. The zero-order chi connectivity index (χ0) is 75.8. The summed E-state index contributed by atoms with van der Waals surface area (Å²) in [5, 5.41) is 0. The first-order valence-electron chi connectivity index (χ1n) is 30.8. The molecule has 0 fully saturated rings. The van der Waals surface area contributed by atoms with Gasteiger partial charge in [-0.2, -0.15) is 35.5 Å². The van der Waals surface area contributed by atoms with E-state index in [4.69, 9.17) is 0 Å². The number of rotatable bonds is 2. The molecule has 0 unspecified atom stereocenters. The fourth-order valence-electron chi connectivity index (χ4n) is 1.06. The van der Waals surface area contributed by atoms with Crippen LogP contribution in [0.3, 0.4) is 0 Å². The van der Waals surface area contributed by atoms with Gasteiger partial charge in [0.25, 0.3) is 0 Å². The summed E-state index contributed by atoms with van der Waals surface area (Å²) in [5.74, 6) is 0. The summed E-state index contributed by atoms with van der Waals surface area (Å²) in [6, 6.07) is 0. The predicted octanol–water partition coefficient (Wildman–Crippen LogP) is 30.0. The van der Waals surface area contributed by atoms with Crippen LogP contribution in [0.1, 0.15) is 304 Å². The molecule has 591 valence electrons. The van der Waals surface area contributed by atoms with Gasteiger partial charge >= 0.3 is 0 Å². The van der Waals surface area contributed by atoms with Gasteiger partial charge in [-0.05, 0) is 80.0 Å². The van der Waals surface area contributed by atoms with Crippen molar-refractivity contribution < 1.29 is 246 Å². The zero-order valence-electron chi connectivity index (χ0n) is 76.8. The van der Waals surface area contributed by atoms with E-state index in [2.05, 4.69) is 353 Å². The van der Waals surface area contributed by atoms with Crippen LogP contribution in [0.5, 0.6) is 0 Å². The molecule has 0 aromatic rings. The number of sulfone groups is 1. The topological polar surface area (TPSA) is 68.3 Å². The van der Waals surface area contributed by atoms with Gasteiger partial charge < -0.3 is 83.7 Å².